The molecule has 0 radical (unpaired) electrons. The van der Waals surface area contributed by atoms with E-state index in [0.717, 1.165) is 94.1 Å². The number of carbonyl (C=O) groups is 3. The van der Waals surface area contributed by atoms with Crippen molar-refractivity contribution in [1.82, 2.24) is 25.3 Å². The lowest BCUT2D eigenvalue weighted by molar-refractivity contribution is -0.140. The number of phenols is 1. The highest BCUT2D eigenvalue weighted by atomic mass is 16.5. The number of anilines is 1. The molecule has 4 aliphatic rings. The minimum absolute atomic E-state index is 0.159. The second kappa shape index (κ2) is 16.2. The lowest BCUT2D eigenvalue weighted by Gasteiger charge is -2.46. The normalized spacial score (nSPS) is 21.3. The number of carbonyl (C=O) groups excluding carboxylic acids is 3. The van der Waals surface area contributed by atoms with Crippen molar-refractivity contribution in [3.8, 4) is 22.8 Å². The number of likely N-dealkylation sites (tertiary alicyclic amines) is 2. The number of nitrogens with zero attached hydrogens (tertiary/aromatic N) is 5. The summed E-state index contributed by atoms with van der Waals surface area (Å²) in [7, 11) is 0. The number of hydrogen-bond donors (Lipinski definition) is 2. The number of benzene rings is 3. The Morgan fingerprint density at radius 1 is 0.836 bits per heavy atom. The van der Waals surface area contributed by atoms with E-state index < -0.39 is 5.41 Å². The summed E-state index contributed by atoms with van der Waals surface area (Å²) in [4.78, 5) is 45.4. The maximum Gasteiger partial charge on any atom is 0.234 e. The van der Waals surface area contributed by atoms with Crippen LogP contribution in [0.15, 0.2) is 91.1 Å². The number of rotatable bonds is 9. The molecule has 11 heteroatoms. The number of aromatic hydroxyl groups is 1. The Kier molecular flexibility index (Phi) is 10.8. The zero-order valence-corrected chi connectivity index (χ0v) is 31.3. The van der Waals surface area contributed by atoms with Crippen molar-refractivity contribution < 1.29 is 24.2 Å². The van der Waals surface area contributed by atoms with Crippen molar-refractivity contribution >= 4 is 23.4 Å². The van der Waals surface area contributed by atoms with Crippen molar-refractivity contribution in [1.29, 1.82) is 0 Å². The topological polar surface area (TPSA) is 128 Å². The number of imide groups is 1. The monoisotopic (exact) mass is 742 g/mol. The first-order valence-corrected chi connectivity index (χ1v) is 19.9. The molecule has 0 aliphatic carbocycles. The smallest absolute Gasteiger partial charge is 0.234 e. The molecule has 3 amide bonds. The van der Waals surface area contributed by atoms with Gasteiger partial charge in [-0.2, -0.15) is 10.2 Å². The Bertz CT molecular complexity index is 1970. The second-order valence-electron chi connectivity index (χ2n) is 15.7. The molecule has 11 nitrogen and oxygen atoms in total. The van der Waals surface area contributed by atoms with Crippen LogP contribution < -0.4 is 15.0 Å². The molecule has 1 atom stereocenters. The summed E-state index contributed by atoms with van der Waals surface area (Å²) in [5.74, 6) is 1.11. The highest BCUT2D eigenvalue weighted by Crippen LogP contribution is 2.40. The van der Waals surface area contributed by atoms with Crippen LogP contribution in [-0.4, -0.2) is 94.7 Å². The zero-order chi connectivity index (χ0) is 37.8. The van der Waals surface area contributed by atoms with Crippen LogP contribution in [0.3, 0.4) is 0 Å². The Labute approximate surface area is 322 Å². The summed E-state index contributed by atoms with van der Waals surface area (Å²) in [6.45, 7) is 6.05. The van der Waals surface area contributed by atoms with Gasteiger partial charge in [-0.15, -0.1) is 0 Å². The average Bonchev–Trinajstić information content (AvgIpc) is 3.23. The first-order valence-electron chi connectivity index (χ1n) is 19.9. The molecular weight excluding hydrogens is 693 g/mol. The summed E-state index contributed by atoms with van der Waals surface area (Å²) in [6, 6.07) is 27.3. The van der Waals surface area contributed by atoms with E-state index in [1.165, 1.54) is 0 Å². The predicted octanol–water partition coefficient (Wildman–Crippen LogP) is 5.69. The number of phenolic OH excluding ortho intramolecular Hbond substituents is 1. The molecule has 0 bridgehead atoms. The van der Waals surface area contributed by atoms with E-state index in [0.29, 0.717) is 42.9 Å². The highest BCUT2D eigenvalue weighted by Gasteiger charge is 2.46. The van der Waals surface area contributed by atoms with Crippen LogP contribution in [0.4, 0.5) is 5.69 Å². The van der Waals surface area contributed by atoms with Crippen molar-refractivity contribution in [2.75, 3.05) is 50.7 Å². The van der Waals surface area contributed by atoms with Gasteiger partial charge in [-0.1, -0.05) is 54.6 Å². The van der Waals surface area contributed by atoms with Crippen LogP contribution >= 0.6 is 0 Å². The van der Waals surface area contributed by atoms with Crippen molar-refractivity contribution in [3.05, 3.63) is 102 Å². The summed E-state index contributed by atoms with van der Waals surface area (Å²) in [5, 5.41) is 21.4. The third kappa shape index (κ3) is 8.08. The Morgan fingerprint density at radius 3 is 2.25 bits per heavy atom. The van der Waals surface area contributed by atoms with Crippen LogP contribution in [0.2, 0.25) is 0 Å². The summed E-state index contributed by atoms with van der Waals surface area (Å²) in [5.41, 5.74) is 3.67. The molecule has 4 fully saturated rings. The van der Waals surface area contributed by atoms with Gasteiger partial charge in [0, 0.05) is 57.8 Å². The molecule has 286 valence electrons. The largest absolute Gasteiger partial charge is 0.507 e. The SMILES string of the molecule is O=C1CC[C@H](c2ccc(OC3CCN(CC4CCN(C(=O)C5(c6ccccc6)CCN(c6cnnc(-c7ccccc7O)c6)CC5)CC4)CC3)cc2)C(=O)N1. The Balaban J connectivity index is 0.828. The van der Waals surface area contributed by atoms with Gasteiger partial charge in [-0.05, 0) is 92.3 Å². The molecule has 4 aliphatic heterocycles. The van der Waals surface area contributed by atoms with Gasteiger partial charge in [0.2, 0.25) is 17.7 Å². The fourth-order valence-corrected chi connectivity index (χ4v) is 9.06. The van der Waals surface area contributed by atoms with Crippen LogP contribution in [0.25, 0.3) is 11.3 Å². The first-order chi connectivity index (χ1) is 26.8. The number of piperidine rings is 4. The molecule has 0 spiro atoms. The van der Waals surface area contributed by atoms with Crippen LogP contribution in [-0.2, 0) is 19.8 Å². The van der Waals surface area contributed by atoms with E-state index in [-0.39, 0.29) is 35.5 Å². The average molecular weight is 743 g/mol. The van der Waals surface area contributed by atoms with E-state index >= 15 is 0 Å². The molecule has 2 N–H and O–H groups in total. The number of aromatic nitrogens is 2. The van der Waals surface area contributed by atoms with E-state index in [4.69, 9.17) is 4.74 Å². The molecule has 55 heavy (non-hydrogen) atoms. The molecule has 0 saturated carbocycles. The quantitative estimate of drug-likeness (QED) is 0.208. The minimum atomic E-state index is -0.571. The summed E-state index contributed by atoms with van der Waals surface area (Å²) in [6.07, 6.45) is 8.23. The molecule has 3 aromatic carbocycles. The van der Waals surface area contributed by atoms with Gasteiger partial charge < -0.3 is 24.5 Å². The van der Waals surface area contributed by atoms with Crippen LogP contribution in [0, 0.1) is 5.92 Å². The van der Waals surface area contributed by atoms with Crippen molar-refractivity contribution in [2.24, 2.45) is 5.92 Å². The van der Waals surface area contributed by atoms with E-state index in [1.807, 2.05) is 60.7 Å². The number of para-hydroxylation sites is 1. The maximum atomic E-state index is 14.6. The summed E-state index contributed by atoms with van der Waals surface area (Å²) < 4.78 is 6.34. The molecular formula is C44H50N6O5. The lowest BCUT2D eigenvalue weighted by atomic mass is 9.71. The Morgan fingerprint density at radius 2 is 1.55 bits per heavy atom. The molecule has 4 saturated heterocycles. The number of amides is 3. The Hall–Kier alpha value is -5.29. The molecule has 8 rings (SSSR count). The summed E-state index contributed by atoms with van der Waals surface area (Å²) >= 11 is 0. The molecule has 5 heterocycles. The molecule has 1 aromatic heterocycles. The maximum absolute atomic E-state index is 14.6. The standard InChI is InChI=1S/C44H50N6O5/c51-40-9-5-4-8-38(40)39-28-34(29-45-47-39)49-26-20-44(21-27-49,33-6-2-1-3-7-33)43(54)50-24-16-31(17-25-50)30-48-22-18-36(19-23-48)55-35-12-10-32(11-13-35)37-14-15-41(52)46-42(37)53/h1-13,28-29,31,36-37,51H,14-27,30H2,(H,46,52,53)/t37-/m1/s1. The highest BCUT2D eigenvalue weighted by molar-refractivity contribution is 6.01. The fraction of sp³-hybridized carbons (Fsp3) is 0.432. The predicted molar refractivity (Wildman–Crippen MR) is 210 cm³/mol. The van der Waals surface area contributed by atoms with Crippen molar-refractivity contribution in [3.63, 3.8) is 0 Å². The van der Waals surface area contributed by atoms with E-state index in [1.54, 1.807) is 18.3 Å². The van der Waals surface area contributed by atoms with Gasteiger partial charge in [0.05, 0.1) is 28.9 Å². The molecule has 0 unspecified atom stereocenters. The van der Waals surface area contributed by atoms with Crippen LogP contribution in [0.1, 0.15) is 68.4 Å². The second-order valence-corrected chi connectivity index (χ2v) is 15.7. The van der Waals surface area contributed by atoms with Crippen molar-refractivity contribution in [2.45, 2.75) is 68.8 Å². The lowest BCUT2D eigenvalue weighted by Crippen LogP contribution is -2.55. The third-order valence-electron chi connectivity index (χ3n) is 12.3. The van der Waals surface area contributed by atoms with Gasteiger partial charge in [0.15, 0.2) is 0 Å². The number of ether oxygens (including phenoxy) is 1. The van der Waals surface area contributed by atoms with Gasteiger partial charge in [0.25, 0.3) is 0 Å². The molecule has 4 aromatic rings. The van der Waals surface area contributed by atoms with Crippen LogP contribution in [0.5, 0.6) is 11.5 Å². The number of hydrogen-bond acceptors (Lipinski definition) is 9. The minimum Gasteiger partial charge on any atom is -0.507 e. The zero-order valence-electron chi connectivity index (χ0n) is 31.3. The number of nitrogens with one attached hydrogen (secondary N) is 1. The third-order valence-corrected chi connectivity index (χ3v) is 12.3. The van der Waals surface area contributed by atoms with E-state index in [2.05, 4.69) is 42.3 Å². The van der Waals surface area contributed by atoms with Gasteiger partial charge >= 0.3 is 0 Å². The van der Waals surface area contributed by atoms with Gasteiger partial charge in [-0.25, -0.2) is 0 Å². The fourth-order valence-electron chi connectivity index (χ4n) is 9.06. The van der Waals surface area contributed by atoms with Gasteiger partial charge in [0.1, 0.15) is 17.6 Å². The first kappa shape index (κ1) is 36.7. The van der Waals surface area contributed by atoms with E-state index in [9.17, 15) is 19.5 Å². The van der Waals surface area contributed by atoms with Gasteiger partial charge in [-0.3, -0.25) is 19.7 Å².